The van der Waals surface area contributed by atoms with Gasteiger partial charge in [-0.15, -0.1) is 10.2 Å². The maximum absolute atomic E-state index is 10.5. The largest absolute Gasteiger partial charge is 0.424 e. The summed E-state index contributed by atoms with van der Waals surface area (Å²) in [4.78, 5) is 6.61. The van der Waals surface area contributed by atoms with Crippen LogP contribution in [0.4, 0.5) is 0 Å². The molecule has 1 aromatic carbocycles. The van der Waals surface area contributed by atoms with E-state index < -0.39 is 0 Å². The van der Waals surface area contributed by atoms with E-state index in [1.165, 1.54) is 10.9 Å². The third-order valence-electron chi connectivity index (χ3n) is 5.04. The van der Waals surface area contributed by atoms with Gasteiger partial charge in [-0.25, -0.2) is 0 Å². The van der Waals surface area contributed by atoms with Crippen molar-refractivity contribution in [2.75, 3.05) is 13.1 Å². The topological polar surface area (TPSA) is 75.3 Å². The van der Waals surface area contributed by atoms with Crippen molar-refractivity contribution in [1.82, 2.24) is 20.1 Å². The van der Waals surface area contributed by atoms with Crippen molar-refractivity contribution in [2.45, 2.75) is 38.8 Å². The van der Waals surface area contributed by atoms with Gasteiger partial charge in [0.05, 0.1) is 18.2 Å². The molecule has 6 heteroatoms. The van der Waals surface area contributed by atoms with Crippen LogP contribution in [-0.4, -0.2) is 44.4 Å². The summed E-state index contributed by atoms with van der Waals surface area (Å²) in [5, 5.41) is 19.9. The maximum atomic E-state index is 10.5. The number of nitrogens with zero attached hydrogens (tertiary/aromatic N) is 4. The highest BCUT2D eigenvalue weighted by Gasteiger charge is 2.32. The zero-order valence-electron chi connectivity index (χ0n) is 15.2. The van der Waals surface area contributed by atoms with E-state index in [1.807, 2.05) is 38.2 Å². The van der Waals surface area contributed by atoms with E-state index in [0.717, 1.165) is 18.5 Å². The lowest BCUT2D eigenvalue weighted by molar-refractivity contribution is 0.140. The monoisotopic (exact) mass is 352 g/mol. The lowest BCUT2D eigenvalue weighted by atomic mass is 9.94. The fourth-order valence-corrected chi connectivity index (χ4v) is 3.64. The van der Waals surface area contributed by atoms with Gasteiger partial charge in [0, 0.05) is 36.5 Å². The second kappa shape index (κ2) is 7.13. The Balaban J connectivity index is 1.45. The van der Waals surface area contributed by atoms with Gasteiger partial charge < -0.3 is 9.52 Å². The number of hydrogen-bond donors (Lipinski definition) is 1. The summed E-state index contributed by atoms with van der Waals surface area (Å²) in [5.74, 6) is 1.71. The number of aliphatic hydroxyl groups is 1. The summed E-state index contributed by atoms with van der Waals surface area (Å²) < 4.78 is 5.70. The number of aromatic nitrogens is 3. The van der Waals surface area contributed by atoms with Gasteiger partial charge in [0.15, 0.2) is 0 Å². The third-order valence-corrected chi connectivity index (χ3v) is 5.04. The Morgan fingerprint density at radius 1 is 1.19 bits per heavy atom. The highest BCUT2D eigenvalue weighted by atomic mass is 16.4. The maximum Gasteiger partial charge on any atom is 0.230 e. The quantitative estimate of drug-likeness (QED) is 0.761. The molecule has 0 unspecified atom stereocenters. The predicted molar refractivity (Wildman–Crippen MR) is 98.6 cm³/mol. The minimum absolute atomic E-state index is 0.188. The molecule has 3 aromatic rings. The molecule has 2 atom stereocenters. The molecule has 1 N–H and O–H groups in total. The van der Waals surface area contributed by atoms with Crippen LogP contribution in [0.2, 0.25) is 0 Å². The van der Waals surface area contributed by atoms with Gasteiger partial charge in [-0.1, -0.05) is 32.0 Å². The number of benzene rings is 1. The van der Waals surface area contributed by atoms with Crippen LogP contribution in [0.1, 0.15) is 37.1 Å². The van der Waals surface area contributed by atoms with E-state index in [9.17, 15) is 5.11 Å². The van der Waals surface area contributed by atoms with Gasteiger partial charge in [-0.3, -0.25) is 9.88 Å². The Hall–Kier alpha value is -2.31. The van der Waals surface area contributed by atoms with Gasteiger partial charge in [0.2, 0.25) is 11.8 Å². The number of β-amino-alcohol motifs (C(OH)–C–C–N with tert-alkyl or cyclic N) is 1. The van der Waals surface area contributed by atoms with Crippen molar-refractivity contribution in [3.63, 3.8) is 0 Å². The van der Waals surface area contributed by atoms with Crippen LogP contribution in [-0.2, 0) is 13.0 Å². The highest BCUT2D eigenvalue weighted by molar-refractivity contribution is 5.81. The average molecular weight is 352 g/mol. The summed E-state index contributed by atoms with van der Waals surface area (Å²) in [6, 6.07) is 10.2. The van der Waals surface area contributed by atoms with Gasteiger partial charge >= 0.3 is 0 Å². The number of fused-ring (bicyclic) bond motifs is 1. The van der Waals surface area contributed by atoms with Crippen LogP contribution in [0, 0.1) is 5.92 Å². The smallest absolute Gasteiger partial charge is 0.230 e. The van der Waals surface area contributed by atoms with Crippen LogP contribution >= 0.6 is 0 Å². The average Bonchev–Trinajstić information content (AvgIpc) is 3.23. The number of rotatable bonds is 5. The molecule has 0 bridgehead atoms. The first-order valence-corrected chi connectivity index (χ1v) is 9.15. The first-order chi connectivity index (χ1) is 12.6. The van der Waals surface area contributed by atoms with Crippen molar-refractivity contribution >= 4 is 10.9 Å². The number of hydrogen-bond acceptors (Lipinski definition) is 6. The van der Waals surface area contributed by atoms with Crippen molar-refractivity contribution in [3.8, 4) is 0 Å². The van der Waals surface area contributed by atoms with Crippen LogP contribution < -0.4 is 0 Å². The molecular weight excluding hydrogens is 328 g/mol. The summed E-state index contributed by atoms with van der Waals surface area (Å²) in [5.41, 5.74) is 2.24. The minimum Gasteiger partial charge on any atom is -0.424 e. The number of para-hydroxylation sites is 1. The fourth-order valence-electron chi connectivity index (χ4n) is 3.64. The molecule has 0 amide bonds. The number of pyridine rings is 1. The molecule has 1 fully saturated rings. The minimum atomic E-state index is -0.352. The molecule has 0 spiro atoms. The van der Waals surface area contributed by atoms with Crippen molar-refractivity contribution in [1.29, 1.82) is 0 Å². The zero-order chi connectivity index (χ0) is 18.1. The van der Waals surface area contributed by atoms with Gasteiger partial charge in [0.1, 0.15) is 0 Å². The molecule has 1 aliphatic heterocycles. The normalized spacial score (nSPS) is 21.1. The summed E-state index contributed by atoms with van der Waals surface area (Å²) >= 11 is 0. The first kappa shape index (κ1) is 17.1. The molecule has 1 saturated heterocycles. The SMILES string of the molecule is CC(C)c1nnc(CN2C[C@@H](Cc3ccnc4ccccc34)[C@H](O)C2)o1. The van der Waals surface area contributed by atoms with E-state index >= 15 is 0 Å². The standard InChI is InChI=1S/C20H24N4O2/c1-13(2)20-23-22-19(26-20)12-24-10-15(18(25)11-24)9-14-7-8-21-17-6-4-3-5-16(14)17/h3-8,13,15,18,25H,9-12H2,1-2H3/t15-,18-/m1/s1. The van der Waals surface area contributed by atoms with E-state index in [2.05, 4.69) is 32.2 Å². The van der Waals surface area contributed by atoms with Crippen molar-refractivity contribution < 1.29 is 9.52 Å². The zero-order valence-corrected chi connectivity index (χ0v) is 15.2. The Morgan fingerprint density at radius 2 is 2.04 bits per heavy atom. The van der Waals surface area contributed by atoms with E-state index in [-0.39, 0.29) is 17.9 Å². The molecule has 136 valence electrons. The number of likely N-dealkylation sites (tertiary alicyclic amines) is 1. The molecule has 6 nitrogen and oxygen atoms in total. The van der Waals surface area contributed by atoms with E-state index in [4.69, 9.17) is 4.42 Å². The lowest BCUT2D eigenvalue weighted by Crippen LogP contribution is -2.21. The molecule has 1 aliphatic rings. The molecule has 0 aliphatic carbocycles. The molecular formula is C20H24N4O2. The molecule has 0 radical (unpaired) electrons. The molecule has 0 saturated carbocycles. The Kier molecular flexibility index (Phi) is 4.70. The van der Waals surface area contributed by atoms with Gasteiger partial charge in [0.25, 0.3) is 0 Å². The van der Waals surface area contributed by atoms with Crippen molar-refractivity contribution in [3.05, 3.63) is 53.9 Å². The third kappa shape index (κ3) is 3.48. The predicted octanol–water partition coefficient (Wildman–Crippen LogP) is 2.78. The molecule has 3 heterocycles. The van der Waals surface area contributed by atoms with Crippen LogP contribution in [0.25, 0.3) is 10.9 Å². The summed E-state index contributed by atoms with van der Waals surface area (Å²) in [6.07, 6.45) is 2.33. The van der Waals surface area contributed by atoms with Crippen LogP contribution in [0.15, 0.2) is 40.9 Å². The second-order valence-electron chi connectivity index (χ2n) is 7.40. The first-order valence-electron chi connectivity index (χ1n) is 9.15. The molecule has 2 aromatic heterocycles. The Labute approximate surface area is 152 Å². The summed E-state index contributed by atoms with van der Waals surface area (Å²) in [7, 11) is 0. The van der Waals surface area contributed by atoms with Crippen LogP contribution in [0.5, 0.6) is 0 Å². The van der Waals surface area contributed by atoms with Crippen LogP contribution in [0.3, 0.4) is 0 Å². The Morgan fingerprint density at radius 3 is 2.85 bits per heavy atom. The molecule has 26 heavy (non-hydrogen) atoms. The lowest BCUT2D eigenvalue weighted by Gasteiger charge is -2.15. The second-order valence-corrected chi connectivity index (χ2v) is 7.40. The van der Waals surface area contributed by atoms with E-state index in [1.54, 1.807) is 0 Å². The molecule has 4 rings (SSSR count). The van der Waals surface area contributed by atoms with E-state index in [0.29, 0.717) is 24.9 Å². The van der Waals surface area contributed by atoms with Gasteiger partial charge in [-0.2, -0.15) is 0 Å². The van der Waals surface area contributed by atoms with Gasteiger partial charge in [-0.05, 0) is 24.1 Å². The van der Waals surface area contributed by atoms with Crippen molar-refractivity contribution in [2.24, 2.45) is 5.92 Å². The Bertz CT molecular complexity index is 887. The summed E-state index contributed by atoms with van der Waals surface area (Å²) in [6.45, 7) is 6.10. The highest BCUT2D eigenvalue weighted by Crippen LogP contribution is 2.26. The number of aliphatic hydroxyl groups excluding tert-OH is 1. The fraction of sp³-hybridized carbons (Fsp3) is 0.450.